The molecule has 0 radical (unpaired) electrons. The fourth-order valence-electron chi connectivity index (χ4n) is 3.62. The van der Waals surface area contributed by atoms with Gasteiger partial charge in [-0.2, -0.15) is 0 Å². The lowest BCUT2D eigenvalue weighted by atomic mass is 9.86. The summed E-state index contributed by atoms with van der Waals surface area (Å²) in [7, 11) is 2.05. The van der Waals surface area contributed by atoms with E-state index in [9.17, 15) is 9.59 Å². The van der Waals surface area contributed by atoms with E-state index in [-0.39, 0.29) is 11.8 Å². The van der Waals surface area contributed by atoms with Crippen molar-refractivity contribution in [3.05, 3.63) is 0 Å². The molecule has 1 aliphatic carbocycles. The predicted octanol–water partition coefficient (Wildman–Crippen LogP) is 1.82. The number of hydrogen-bond acceptors (Lipinski definition) is 3. The molecule has 0 bridgehead atoms. The molecular formula is C16H28N2O3. The maximum atomic E-state index is 12.3. The molecule has 21 heavy (non-hydrogen) atoms. The minimum absolute atomic E-state index is 0.152. The summed E-state index contributed by atoms with van der Waals surface area (Å²) in [6, 6.07) is 0.522. The Kier molecular flexibility index (Phi) is 5.62. The molecule has 2 atom stereocenters. The number of nitrogens with zero attached hydrogens (tertiary/aromatic N) is 2. The van der Waals surface area contributed by atoms with Crippen molar-refractivity contribution in [1.29, 1.82) is 0 Å². The topological polar surface area (TPSA) is 60.9 Å². The second-order valence-electron chi connectivity index (χ2n) is 6.83. The van der Waals surface area contributed by atoms with Gasteiger partial charge >= 0.3 is 5.97 Å². The van der Waals surface area contributed by atoms with E-state index in [1.807, 2.05) is 11.9 Å². The van der Waals surface area contributed by atoms with Gasteiger partial charge in [0, 0.05) is 19.1 Å². The SMILES string of the molecule is CC1CCCC(N(C)CC(=O)N2CCC(C(=O)O)CC2)C1. The molecule has 1 saturated carbocycles. The van der Waals surface area contributed by atoms with Gasteiger partial charge in [-0.15, -0.1) is 0 Å². The van der Waals surface area contributed by atoms with Gasteiger partial charge < -0.3 is 10.0 Å². The third kappa shape index (κ3) is 4.43. The molecule has 0 aromatic heterocycles. The number of rotatable bonds is 4. The van der Waals surface area contributed by atoms with Crippen LogP contribution in [0.4, 0.5) is 0 Å². The van der Waals surface area contributed by atoms with Gasteiger partial charge in [0.05, 0.1) is 12.5 Å². The highest BCUT2D eigenvalue weighted by Crippen LogP contribution is 2.26. The van der Waals surface area contributed by atoms with Gasteiger partial charge in [-0.05, 0) is 38.6 Å². The van der Waals surface area contributed by atoms with Crippen LogP contribution in [-0.4, -0.2) is 59.5 Å². The van der Waals surface area contributed by atoms with E-state index >= 15 is 0 Å². The number of piperidine rings is 1. The molecule has 2 unspecified atom stereocenters. The van der Waals surface area contributed by atoms with Crippen molar-refractivity contribution >= 4 is 11.9 Å². The fourth-order valence-corrected chi connectivity index (χ4v) is 3.62. The lowest BCUT2D eigenvalue weighted by Gasteiger charge is -2.36. The number of aliphatic carboxylic acids is 1. The minimum Gasteiger partial charge on any atom is -0.481 e. The van der Waals surface area contributed by atoms with Crippen LogP contribution in [0.25, 0.3) is 0 Å². The van der Waals surface area contributed by atoms with Crippen LogP contribution in [0.5, 0.6) is 0 Å². The Hall–Kier alpha value is -1.10. The minimum atomic E-state index is -0.726. The number of amides is 1. The second-order valence-corrected chi connectivity index (χ2v) is 6.83. The van der Waals surface area contributed by atoms with Crippen LogP contribution in [-0.2, 0) is 9.59 Å². The van der Waals surface area contributed by atoms with Gasteiger partial charge in [0.25, 0.3) is 0 Å². The molecule has 5 nitrogen and oxygen atoms in total. The van der Waals surface area contributed by atoms with Crippen LogP contribution in [0.2, 0.25) is 0 Å². The molecule has 1 saturated heterocycles. The first-order valence-electron chi connectivity index (χ1n) is 8.18. The van der Waals surface area contributed by atoms with Crippen LogP contribution in [0.1, 0.15) is 45.4 Å². The zero-order valence-electron chi connectivity index (χ0n) is 13.3. The molecule has 5 heteroatoms. The van der Waals surface area contributed by atoms with Crippen LogP contribution < -0.4 is 0 Å². The average Bonchev–Trinajstić information content (AvgIpc) is 2.47. The highest BCUT2D eigenvalue weighted by atomic mass is 16.4. The summed E-state index contributed by atoms with van der Waals surface area (Å²) in [5.74, 6) is -0.0893. The maximum absolute atomic E-state index is 12.3. The van der Waals surface area contributed by atoms with E-state index in [1.165, 1.54) is 25.7 Å². The van der Waals surface area contributed by atoms with Crippen molar-refractivity contribution in [2.75, 3.05) is 26.7 Å². The van der Waals surface area contributed by atoms with Gasteiger partial charge in [0.2, 0.25) is 5.91 Å². The fraction of sp³-hybridized carbons (Fsp3) is 0.875. The standard InChI is InChI=1S/C16H28N2O3/c1-12-4-3-5-14(10-12)17(2)11-15(19)18-8-6-13(7-9-18)16(20)21/h12-14H,3-11H2,1-2H3,(H,20,21). The third-order valence-corrected chi connectivity index (χ3v) is 5.11. The number of likely N-dealkylation sites (N-methyl/N-ethyl adjacent to an activating group) is 1. The molecule has 1 N–H and O–H groups in total. The lowest BCUT2D eigenvalue weighted by molar-refractivity contribution is -0.146. The summed E-state index contributed by atoms with van der Waals surface area (Å²) >= 11 is 0. The molecule has 2 rings (SSSR count). The first-order valence-corrected chi connectivity index (χ1v) is 8.18. The van der Waals surface area contributed by atoms with Gasteiger partial charge in [0.15, 0.2) is 0 Å². The number of carbonyl (C=O) groups excluding carboxylic acids is 1. The van der Waals surface area contributed by atoms with Crippen molar-refractivity contribution < 1.29 is 14.7 Å². The Morgan fingerprint density at radius 2 is 1.86 bits per heavy atom. The number of hydrogen-bond donors (Lipinski definition) is 1. The van der Waals surface area contributed by atoms with Crippen LogP contribution in [0.3, 0.4) is 0 Å². The molecule has 0 aromatic rings. The molecule has 1 amide bonds. The zero-order chi connectivity index (χ0) is 15.4. The highest BCUT2D eigenvalue weighted by molar-refractivity contribution is 5.79. The summed E-state index contributed by atoms with van der Waals surface area (Å²) in [6.45, 7) is 3.93. The van der Waals surface area contributed by atoms with Crippen LogP contribution in [0, 0.1) is 11.8 Å². The molecule has 1 heterocycles. The van der Waals surface area contributed by atoms with Crippen molar-refractivity contribution in [1.82, 2.24) is 9.80 Å². The summed E-state index contributed by atoms with van der Waals surface area (Å²) in [5.41, 5.74) is 0. The van der Waals surface area contributed by atoms with Gasteiger partial charge in [-0.25, -0.2) is 0 Å². The molecule has 2 aliphatic rings. The highest BCUT2D eigenvalue weighted by Gasteiger charge is 2.29. The first-order chi connectivity index (χ1) is 9.97. The smallest absolute Gasteiger partial charge is 0.306 e. The lowest BCUT2D eigenvalue weighted by Crippen LogP contribution is -2.47. The van der Waals surface area contributed by atoms with Crippen molar-refractivity contribution in [2.24, 2.45) is 11.8 Å². The molecule has 1 aliphatic heterocycles. The molecule has 0 spiro atoms. The Balaban J connectivity index is 1.77. The van der Waals surface area contributed by atoms with Crippen molar-refractivity contribution in [2.45, 2.75) is 51.5 Å². The monoisotopic (exact) mass is 296 g/mol. The third-order valence-electron chi connectivity index (χ3n) is 5.11. The maximum Gasteiger partial charge on any atom is 0.306 e. The molecule has 2 fully saturated rings. The molecule has 0 aromatic carbocycles. The van der Waals surface area contributed by atoms with E-state index in [0.29, 0.717) is 38.5 Å². The van der Waals surface area contributed by atoms with Gasteiger partial charge in [-0.3, -0.25) is 14.5 Å². The quantitative estimate of drug-likeness (QED) is 0.859. The predicted molar refractivity (Wildman–Crippen MR) is 81.0 cm³/mol. The average molecular weight is 296 g/mol. The van der Waals surface area contributed by atoms with E-state index in [2.05, 4.69) is 11.8 Å². The Labute approximate surface area is 127 Å². The summed E-state index contributed by atoms with van der Waals surface area (Å²) in [5, 5.41) is 8.99. The van der Waals surface area contributed by atoms with E-state index in [4.69, 9.17) is 5.11 Å². The van der Waals surface area contributed by atoms with Crippen LogP contribution >= 0.6 is 0 Å². The van der Waals surface area contributed by atoms with Crippen molar-refractivity contribution in [3.8, 4) is 0 Å². The Morgan fingerprint density at radius 3 is 2.43 bits per heavy atom. The normalized spacial score (nSPS) is 27.9. The molecular weight excluding hydrogens is 268 g/mol. The summed E-state index contributed by atoms with van der Waals surface area (Å²) in [4.78, 5) is 27.3. The number of carboxylic acids is 1. The molecule has 120 valence electrons. The first kappa shape index (κ1) is 16.3. The second kappa shape index (κ2) is 7.25. The number of carboxylic acid groups (broad SMARTS) is 1. The summed E-state index contributed by atoms with van der Waals surface area (Å²) < 4.78 is 0. The van der Waals surface area contributed by atoms with Crippen LogP contribution in [0.15, 0.2) is 0 Å². The van der Waals surface area contributed by atoms with E-state index < -0.39 is 5.97 Å². The van der Waals surface area contributed by atoms with E-state index in [0.717, 1.165) is 5.92 Å². The Bertz CT molecular complexity index is 378. The van der Waals surface area contributed by atoms with Crippen molar-refractivity contribution in [3.63, 3.8) is 0 Å². The number of carbonyl (C=O) groups is 2. The zero-order valence-corrected chi connectivity index (χ0v) is 13.3. The Morgan fingerprint density at radius 1 is 1.19 bits per heavy atom. The van der Waals surface area contributed by atoms with Gasteiger partial charge in [0.1, 0.15) is 0 Å². The summed E-state index contributed by atoms with van der Waals surface area (Å²) in [6.07, 6.45) is 6.12. The number of likely N-dealkylation sites (tertiary alicyclic amines) is 1. The van der Waals surface area contributed by atoms with E-state index in [1.54, 1.807) is 0 Å². The largest absolute Gasteiger partial charge is 0.481 e. The van der Waals surface area contributed by atoms with Gasteiger partial charge in [-0.1, -0.05) is 19.8 Å².